The van der Waals surface area contributed by atoms with E-state index >= 15 is 0 Å². The molecule has 2 atom stereocenters. The smallest absolute Gasteiger partial charge is 0.743 e. The molecule has 0 aliphatic carbocycles. The first-order valence-corrected chi connectivity index (χ1v) is 22.1. The molecule has 0 aromatic heterocycles. The molecule has 18 nitrogen and oxygen atoms in total. The van der Waals surface area contributed by atoms with Crippen molar-refractivity contribution < 1.29 is 123 Å². The molecule has 0 fully saturated rings. The van der Waals surface area contributed by atoms with Crippen LogP contribution in [0.5, 0.6) is 34.5 Å². The van der Waals surface area contributed by atoms with Crippen LogP contribution in [-0.2, 0) is 20.2 Å². The number of ether oxygens (including phenoxy) is 6. The summed E-state index contributed by atoms with van der Waals surface area (Å²) in [6.45, 7) is -0.0194. The first kappa shape index (κ1) is 49.7. The van der Waals surface area contributed by atoms with E-state index in [1.54, 1.807) is 48.5 Å². The Bertz CT molecular complexity index is 2690. The van der Waals surface area contributed by atoms with Crippen LogP contribution in [0.1, 0.15) is 51.1 Å². The summed E-state index contributed by atoms with van der Waals surface area (Å²) in [6, 6.07) is 16.9. The molecule has 0 saturated heterocycles. The fourth-order valence-electron chi connectivity index (χ4n) is 7.75. The first-order valence-electron chi connectivity index (χ1n) is 19.3. The number of hydrogen-bond donors (Lipinski definition) is 0. The van der Waals surface area contributed by atoms with E-state index in [0.29, 0.717) is 33.8 Å². The van der Waals surface area contributed by atoms with E-state index < -0.39 is 54.2 Å². The summed E-state index contributed by atoms with van der Waals surface area (Å²) in [7, 11) is -4.51. The molecule has 0 bridgehead atoms. The van der Waals surface area contributed by atoms with Crippen molar-refractivity contribution in [2.45, 2.75) is 31.3 Å². The average Bonchev–Trinajstić information content (AvgIpc) is 3.86. The maximum atomic E-state index is 14.0. The molecule has 65 heavy (non-hydrogen) atoms. The monoisotopic (exact) mass is 944 g/mol. The number of fused-ring (bicyclic) bond motifs is 4. The van der Waals surface area contributed by atoms with Gasteiger partial charge >= 0.3 is 59.1 Å². The predicted molar refractivity (Wildman–Crippen MR) is 226 cm³/mol. The van der Waals surface area contributed by atoms with E-state index in [0.717, 1.165) is 0 Å². The van der Waals surface area contributed by atoms with E-state index in [2.05, 4.69) is 9.98 Å². The molecule has 0 N–H and O–H groups in total. The minimum atomic E-state index is -5.14. The topological polar surface area (TPSA) is 235 Å². The van der Waals surface area contributed by atoms with Crippen molar-refractivity contribution >= 4 is 64.7 Å². The Hall–Kier alpha value is -4.74. The summed E-state index contributed by atoms with van der Waals surface area (Å²) in [5, 5.41) is -1.45. The van der Waals surface area contributed by atoms with E-state index in [-0.39, 0.29) is 137 Å². The standard InChI is InChI=1S/C43H40N4O14S2.2Na/c1-56-28-10-6-24(7-11-28)26-16-34-40(62(50,51)52)44-32-20-38(36(58-3)18-30(32)42(48)46(34)22-26)60-14-5-15-61-39-21-33-31(19-37(39)59-4)43(49)47-23-27(25-8-12-29(57-2)13-9-25)17-35(47)41(45-33)63(53,54)55;;/h6-13,18-23,34-35H,5,14-17H2,1-4H3,(H,50,51,52)(H,53,54,55);;/q;2*+1/p-2/t34-,35-;;/m0../s1. The zero-order valence-electron chi connectivity index (χ0n) is 36.1. The van der Waals surface area contributed by atoms with Crippen molar-refractivity contribution in [2.24, 2.45) is 9.98 Å². The van der Waals surface area contributed by atoms with Gasteiger partial charge in [0.15, 0.2) is 23.0 Å². The molecule has 4 heterocycles. The fourth-order valence-corrected chi connectivity index (χ4v) is 9.23. The van der Waals surface area contributed by atoms with Gasteiger partial charge in [-0.25, -0.2) is 26.8 Å². The summed E-state index contributed by atoms with van der Waals surface area (Å²) in [5.41, 5.74) is 2.40. The molecule has 22 heteroatoms. The Morgan fingerprint density at radius 2 is 0.938 bits per heavy atom. The maximum Gasteiger partial charge on any atom is 1.00 e. The van der Waals surface area contributed by atoms with Crippen LogP contribution >= 0.6 is 0 Å². The number of hydrogen-bond acceptors (Lipinski definition) is 16. The number of aliphatic imine (C=N–C) groups is 2. The van der Waals surface area contributed by atoms with Crippen LogP contribution in [0.4, 0.5) is 11.4 Å². The zero-order chi connectivity index (χ0) is 44.8. The number of amides is 2. The second kappa shape index (κ2) is 20.0. The van der Waals surface area contributed by atoms with Gasteiger partial charge < -0.3 is 47.3 Å². The molecule has 4 aromatic carbocycles. The van der Waals surface area contributed by atoms with E-state index in [9.17, 15) is 35.5 Å². The second-order valence-electron chi connectivity index (χ2n) is 14.5. The van der Waals surface area contributed by atoms with Crippen LogP contribution in [0, 0.1) is 0 Å². The van der Waals surface area contributed by atoms with Crippen LogP contribution in [-0.4, -0.2) is 111 Å². The largest absolute Gasteiger partial charge is 1.00 e. The first-order chi connectivity index (χ1) is 30.1. The van der Waals surface area contributed by atoms with Crippen LogP contribution in [0.3, 0.4) is 0 Å². The Morgan fingerprint density at radius 3 is 1.26 bits per heavy atom. The summed E-state index contributed by atoms with van der Waals surface area (Å²) in [4.78, 5) is 38.7. The van der Waals surface area contributed by atoms with Crippen molar-refractivity contribution in [3.63, 3.8) is 0 Å². The van der Waals surface area contributed by atoms with Gasteiger partial charge in [0.25, 0.3) is 11.8 Å². The summed E-state index contributed by atoms with van der Waals surface area (Å²) < 4.78 is 109. The SMILES string of the molecule is COc1ccc(C2=CN3C(=O)c4cc(OC)c(OCCCOc5cc6c(cc5OC)C(=O)N5C=C(c7ccc(OC)cc7)C[C@H]5C(S(=O)(=O)[O-])=N6)cc4N=C(S(=O)(=O)[O-])[C@@H]3C2)cc1.[Na+].[Na+]. The van der Waals surface area contributed by atoms with E-state index in [1.165, 1.54) is 74.9 Å². The van der Waals surface area contributed by atoms with Crippen LogP contribution in [0.2, 0.25) is 0 Å². The van der Waals surface area contributed by atoms with Crippen LogP contribution < -0.4 is 87.5 Å². The molecule has 0 radical (unpaired) electrons. The second-order valence-corrected chi connectivity index (χ2v) is 17.2. The van der Waals surface area contributed by atoms with Gasteiger partial charge in [-0.2, -0.15) is 0 Å². The zero-order valence-corrected chi connectivity index (χ0v) is 41.7. The van der Waals surface area contributed by atoms with E-state index in [4.69, 9.17) is 28.4 Å². The number of benzene rings is 4. The Kier molecular flexibility index (Phi) is 15.3. The van der Waals surface area contributed by atoms with Gasteiger partial charge in [-0.15, -0.1) is 0 Å². The summed E-state index contributed by atoms with van der Waals surface area (Å²) >= 11 is 0. The van der Waals surface area contributed by atoms with Crippen molar-refractivity contribution in [1.82, 2.24) is 9.80 Å². The molecule has 328 valence electrons. The third-order valence-corrected chi connectivity index (χ3v) is 12.6. The summed E-state index contributed by atoms with van der Waals surface area (Å²) in [5.74, 6) is 0.464. The molecule has 8 rings (SSSR count). The minimum absolute atomic E-state index is 0. The molecule has 4 aliphatic rings. The van der Waals surface area contributed by atoms with Crippen molar-refractivity contribution in [3.8, 4) is 34.5 Å². The normalized spacial score (nSPS) is 17.5. The molecule has 0 saturated carbocycles. The minimum Gasteiger partial charge on any atom is -0.743 e. The number of nitrogens with zero attached hydrogens (tertiary/aromatic N) is 4. The Labute approximate surface area is 419 Å². The third-order valence-electron chi connectivity index (χ3n) is 10.9. The maximum absolute atomic E-state index is 14.0. The van der Waals surface area contributed by atoms with Gasteiger partial charge in [-0.05, 0) is 58.7 Å². The molecule has 2 amide bonds. The van der Waals surface area contributed by atoms with Gasteiger partial charge in [-0.3, -0.25) is 9.59 Å². The van der Waals surface area contributed by atoms with Crippen molar-refractivity contribution in [1.29, 1.82) is 0 Å². The van der Waals surface area contributed by atoms with Crippen LogP contribution in [0.15, 0.2) is 95.2 Å². The van der Waals surface area contributed by atoms with Gasteiger partial charge in [0.05, 0.1) is 76.2 Å². The molecule has 0 spiro atoms. The van der Waals surface area contributed by atoms with Gasteiger partial charge in [0.2, 0.25) is 0 Å². The Morgan fingerprint density at radius 1 is 0.569 bits per heavy atom. The predicted octanol–water partition coefficient (Wildman–Crippen LogP) is -0.734. The number of rotatable bonds is 12. The molecular formula is C43H38N4Na2O14S2. The number of methoxy groups -OCH3 is 4. The molecule has 4 aromatic rings. The molecular weight excluding hydrogens is 907 g/mol. The summed E-state index contributed by atoms with van der Waals surface area (Å²) in [6.07, 6.45) is 3.28. The van der Waals surface area contributed by atoms with Crippen LogP contribution in [0.25, 0.3) is 11.1 Å². The van der Waals surface area contributed by atoms with Gasteiger partial charge in [-0.1, -0.05) is 24.3 Å². The number of carbonyl (C=O) groups excluding carboxylic acids is 2. The third kappa shape index (κ3) is 10.0. The van der Waals surface area contributed by atoms with Crippen molar-refractivity contribution in [2.75, 3.05) is 41.7 Å². The Balaban J connectivity index is 0.00000350. The van der Waals surface area contributed by atoms with Gasteiger partial charge in [0, 0.05) is 43.8 Å². The molecule has 0 unspecified atom stereocenters. The average molecular weight is 945 g/mol. The molecule has 4 aliphatic heterocycles. The fraction of sp³-hybridized carbons (Fsp3) is 0.256. The van der Waals surface area contributed by atoms with Crippen molar-refractivity contribution in [3.05, 3.63) is 107 Å². The van der Waals surface area contributed by atoms with E-state index in [1.807, 2.05) is 0 Å². The van der Waals surface area contributed by atoms with Gasteiger partial charge in [0.1, 0.15) is 41.8 Å². The quantitative estimate of drug-likeness (QED) is 0.0968. The number of carbonyl (C=O) groups is 2.